The molecule has 2 aromatic carbocycles. The van der Waals surface area contributed by atoms with E-state index in [-0.39, 0.29) is 11.3 Å². The number of carbonyl (C=O) groups is 1. The molecule has 1 aliphatic heterocycles. The number of hydrogen-bond donors (Lipinski definition) is 1. The van der Waals surface area contributed by atoms with Crippen LogP contribution < -0.4 is 0 Å². The van der Waals surface area contributed by atoms with Gasteiger partial charge >= 0.3 is 5.97 Å². The number of fused-ring (bicyclic) bond motifs is 1. The number of pyridine rings is 1. The highest BCUT2D eigenvalue weighted by atomic mass is 32.1. The number of aliphatic carboxylic acids is 1. The Labute approximate surface area is 196 Å². The van der Waals surface area contributed by atoms with Crippen LogP contribution in [0.25, 0.3) is 20.9 Å². The molecule has 164 valence electrons. The summed E-state index contributed by atoms with van der Waals surface area (Å²) in [6, 6.07) is 21.1. The van der Waals surface area contributed by atoms with Crippen LogP contribution >= 0.6 is 11.3 Å². The van der Waals surface area contributed by atoms with E-state index >= 15 is 0 Å². The van der Waals surface area contributed by atoms with E-state index in [2.05, 4.69) is 78.6 Å². The topological polar surface area (TPSA) is 66.3 Å². The van der Waals surface area contributed by atoms with Crippen molar-refractivity contribution >= 4 is 27.7 Å². The van der Waals surface area contributed by atoms with Gasteiger partial charge in [-0.2, -0.15) is 0 Å². The van der Waals surface area contributed by atoms with Crippen LogP contribution in [0, 0.1) is 12.8 Å². The fourth-order valence-electron chi connectivity index (χ4n) is 4.58. The van der Waals surface area contributed by atoms with Crippen molar-refractivity contribution < 1.29 is 9.90 Å². The van der Waals surface area contributed by atoms with Gasteiger partial charge in [0.05, 0.1) is 17.0 Å². The van der Waals surface area contributed by atoms with Crippen LogP contribution in [0.3, 0.4) is 0 Å². The lowest BCUT2D eigenvalue weighted by atomic mass is 9.89. The third kappa shape index (κ3) is 3.56. The zero-order chi connectivity index (χ0) is 22.6. The molecule has 0 saturated carbocycles. The Hall–Kier alpha value is -3.35. The second-order valence-electron chi connectivity index (χ2n) is 8.98. The molecule has 2 aromatic heterocycles. The molecule has 0 bridgehead atoms. The number of carboxylic acids is 1. The number of rotatable bonds is 6. The SMILES string of the molecule is Cc1cc(-c2nc3ccc(C4(c5ccccc5)C=C4)nc3s2)ccc1CN1CC(C(=O)O)C1. The second kappa shape index (κ2) is 7.61. The molecule has 33 heavy (non-hydrogen) atoms. The second-order valence-corrected chi connectivity index (χ2v) is 9.96. The quantitative estimate of drug-likeness (QED) is 0.415. The van der Waals surface area contributed by atoms with Crippen molar-refractivity contribution in [1.82, 2.24) is 14.9 Å². The molecule has 0 radical (unpaired) electrons. The Bertz CT molecular complexity index is 1400. The fraction of sp³-hybridized carbons (Fsp3) is 0.222. The van der Waals surface area contributed by atoms with Gasteiger partial charge < -0.3 is 5.11 Å². The first kappa shape index (κ1) is 20.3. The zero-order valence-corrected chi connectivity index (χ0v) is 19.0. The van der Waals surface area contributed by atoms with Crippen molar-refractivity contribution in [1.29, 1.82) is 0 Å². The van der Waals surface area contributed by atoms with E-state index in [0.717, 1.165) is 33.2 Å². The van der Waals surface area contributed by atoms with Gasteiger partial charge in [-0.1, -0.05) is 66.0 Å². The molecule has 1 saturated heterocycles. The number of thiazole rings is 1. The lowest BCUT2D eigenvalue weighted by Crippen LogP contribution is -2.49. The molecule has 1 fully saturated rings. The maximum absolute atomic E-state index is 11.0. The summed E-state index contributed by atoms with van der Waals surface area (Å²) in [6.45, 7) is 4.15. The van der Waals surface area contributed by atoms with E-state index in [0.29, 0.717) is 13.1 Å². The summed E-state index contributed by atoms with van der Waals surface area (Å²) in [5.74, 6) is -0.922. The molecule has 0 unspecified atom stereocenters. The number of aromatic nitrogens is 2. The Morgan fingerprint density at radius 1 is 1.09 bits per heavy atom. The van der Waals surface area contributed by atoms with E-state index in [9.17, 15) is 4.79 Å². The minimum absolute atomic E-state index is 0.186. The summed E-state index contributed by atoms with van der Waals surface area (Å²) in [6.07, 6.45) is 4.41. The minimum atomic E-state index is -0.696. The first-order valence-electron chi connectivity index (χ1n) is 11.1. The molecule has 6 rings (SSSR count). The Morgan fingerprint density at radius 2 is 1.88 bits per heavy atom. The highest BCUT2D eigenvalue weighted by Crippen LogP contribution is 2.45. The summed E-state index contributed by atoms with van der Waals surface area (Å²) in [5.41, 5.74) is 6.54. The van der Waals surface area contributed by atoms with Crippen molar-refractivity contribution in [3.05, 3.63) is 95.2 Å². The largest absolute Gasteiger partial charge is 0.481 e. The third-order valence-corrected chi connectivity index (χ3v) is 7.73. The number of benzene rings is 2. The van der Waals surface area contributed by atoms with Crippen LogP contribution in [0.5, 0.6) is 0 Å². The smallest absolute Gasteiger partial charge is 0.309 e. The van der Waals surface area contributed by atoms with Gasteiger partial charge in [-0.3, -0.25) is 9.69 Å². The van der Waals surface area contributed by atoms with E-state index in [4.69, 9.17) is 15.1 Å². The number of aryl methyl sites for hydroxylation is 1. The molecule has 0 amide bonds. The lowest BCUT2D eigenvalue weighted by molar-refractivity contribution is -0.147. The van der Waals surface area contributed by atoms with Gasteiger partial charge in [-0.15, -0.1) is 0 Å². The van der Waals surface area contributed by atoms with E-state index in [1.807, 2.05) is 6.07 Å². The summed E-state index contributed by atoms with van der Waals surface area (Å²) >= 11 is 1.63. The van der Waals surface area contributed by atoms with Crippen LogP contribution in [0.2, 0.25) is 0 Å². The number of nitrogens with zero attached hydrogens (tertiary/aromatic N) is 3. The normalized spacial score (nSPS) is 17.2. The van der Waals surface area contributed by atoms with Crippen LogP contribution in [0.15, 0.2) is 72.8 Å². The number of allylic oxidation sites excluding steroid dienone is 2. The maximum atomic E-state index is 11.0. The summed E-state index contributed by atoms with van der Waals surface area (Å²) < 4.78 is 0. The molecular formula is C27H23N3O2S. The standard InChI is InChI=1S/C27H23N3O2S/c1-17-13-18(7-8-19(17)14-30-15-20(16-30)26(31)32)24-28-22-9-10-23(29-25(22)33-24)27(11-12-27)21-5-3-2-4-6-21/h2-13,20H,14-16H2,1H3,(H,31,32). The van der Waals surface area contributed by atoms with E-state index in [1.165, 1.54) is 16.7 Å². The molecule has 0 atom stereocenters. The molecule has 1 aliphatic carbocycles. The number of hydrogen-bond acceptors (Lipinski definition) is 5. The molecule has 5 nitrogen and oxygen atoms in total. The zero-order valence-electron chi connectivity index (χ0n) is 18.2. The highest BCUT2D eigenvalue weighted by Gasteiger charge is 2.39. The van der Waals surface area contributed by atoms with Crippen LogP contribution in [0.1, 0.15) is 22.4 Å². The number of carboxylic acid groups (broad SMARTS) is 1. The van der Waals surface area contributed by atoms with Gasteiger partial charge in [0, 0.05) is 25.2 Å². The molecule has 4 aromatic rings. The summed E-state index contributed by atoms with van der Waals surface area (Å²) in [4.78, 5) is 24.0. The molecule has 0 spiro atoms. The number of likely N-dealkylation sites (tertiary alicyclic amines) is 1. The monoisotopic (exact) mass is 453 g/mol. The predicted molar refractivity (Wildman–Crippen MR) is 130 cm³/mol. The predicted octanol–water partition coefficient (Wildman–Crippen LogP) is 5.04. The maximum Gasteiger partial charge on any atom is 0.309 e. The van der Waals surface area contributed by atoms with Crippen molar-refractivity contribution in [2.24, 2.45) is 5.92 Å². The van der Waals surface area contributed by atoms with Crippen LogP contribution in [-0.4, -0.2) is 39.0 Å². The first-order chi connectivity index (χ1) is 16.0. The van der Waals surface area contributed by atoms with Crippen molar-refractivity contribution in [2.45, 2.75) is 18.9 Å². The van der Waals surface area contributed by atoms with E-state index in [1.54, 1.807) is 11.3 Å². The van der Waals surface area contributed by atoms with Crippen LogP contribution in [-0.2, 0) is 16.8 Å². The first-order valence-corrected chi connectivity index (χ1v) is 11.9. The van der Waals surface area contributed by atoms with E-state index < -0.39 is 5.97 Å². The fourth-order valence-corrected chi connectivity index (χ4v) is 5.52. The van der Waals surface area contributed by atoms with Gasteiger partial charge in [-0.05, 0) is 41.8 Å². The van der Waals surface area contributed by atoms with Crippen LogP contribution in [0.4, 0.5) is 0 Å². The third-order valence-electron chi connectivity index (χ3n) is 6.72. The molecule has 3 heterocycles. The van der Waals surface area contributed by atoms with Gasteiger partial charge in [0.25, 0.3) is 0 Å². The van der Waals surface area contributed by atoms with Gasteiger partial charge in [0.2, 0.25) is 0 Å². The van der Waals surface area contributed by atoms with Gasteiger partial charge in [0.15, 0.2) is 0 Å². The Kier molecular flexibility index (Phi) is 4.67. The Morgan fingerprint density at radius 3 is 2.58 bits per heavy atom. The molecule has 6 heteroatoms. The highest BCUT2D eigenvalue weighted by molar-refractivity contribution is 7.21. The average molecular weight is 454 g/mol. The average Bonchev–Trinajstić information content (AvgIpc) is 3.49. The summed E-state index contributed by atoms with van der Waals surface area (Å²) in [5, 5.41) is 10.0. The molecular weight excluding hydrogens is 430 g/mol. The summed E-state index contributed by atoms with van der Waals surface area (Å²) in [7, 11) is 0. The lowest BCUT2D eigenvalue weighted by Gasteiger charge is -2.36. The van der Waals surface area contributed by atoms with Crippen molar-refractivity contribution in [3.8, 4) is 10.6 Å². The Balaban J connectivity index is 1.24. The van der Waals surface area contributed by atoms with Gasteiger partial charge in [0.1, 0.15) is 15.4 Å². The van der Waals surface area contributed by atoms with Crippen molar-refractivity contribution in [3.63, 3.8) is 0 Å². The molecule has 1 N–H and O–H groups in total. The molecule has 2 aliphatic rings. The van der Waals surface area contributed by atoms with Gasteiger partial charge in [-0.25, -0.2) is 9.97 Å². The minimum Gasteiger partial charge on any atom is -0.481 e. The van der Waals surface area contributed by atoms with Crippen molar-refractivity contribution in [2.75, 3.05) is 13.1 Å².